The summed E-state index contributed by atoms with van der Waals surface area (Å²) >= 11 is 0. The molecule has 5 aromatic rings. The smallest absolute Gasteiger partial charge is 0.126 e. The van der Waals surface area contributed by atoms with Crippen LogP contribution in [-0.2, 0) is 0 Å². The fourth-order valence-corrected chi connectivity index (χ4v) is 4.77. The number of aromatic nitrogens is 1. The molecule has 172 valence electrons. The van der Waals surface area contributed by atoms with E-state index in [9.17, 15) is 10.2 Å². The van der Waals surface area contributed by atoms with Crippen LogP contribution in [0.5, 0.6) is 11.5 Å². The first-order chi connectivity index (χ1) is 16.9. The summed E-state index contributed by atoms with van der Waals surface area (Å²) in [6.07, 6.45) is 1.68. The van der Waals surface area contributed by atoms with Gasteiger partial charge in [0.1, 0.15) is 11.5 Å². The molecule has 0 unspecified atom stereocenters. The number of phenolic OH excluding ortho intramolecular Hbond substituents is 2. The zero-order chi connectivity index (χ0) is 24.5. The summed E-state index contributed by atoms with van der Waals surface area (Å²) in [7, 11) is 0. The van der Waals surface area contributed by atoms with E-state index < -0.39 is 0 Å². The number of para-hydroxylation sites is 1. The maximum Gasteiger partial charge on any atom is 0.126 e. The molecule has 5 rings (SSSR count). The summed E-state index contributed by atoms with van der Waals surface area (Å²) in [5, 5.41) is 22.8. The fraction of sp³-hybridized carbons (Fsp3) is 0.0968. The monoisotopic (exact) mass is 458 g/mol. The van der Waals surface area contributed by atoms with Crippen LogP contribution in [0, 0.1) is 20.8 Å². The molecule has 0 saturated heterocycles. The Morgan fingerprint density at radius 1 is 0.743 bits per heavy atom. The first-order valence-corrected chi connectivity index (χ1v) is 11.5. The Morgan fingerprint density at radius 3 is 2.26 bits per heavy atom. The van der Waals surface area contributed by atoms with Crippen molar-refractivity contribution in [2.24, 2.45) is 4.99 Å². The highest BCUT2D eigenvalue weighted by Crippen LogP contribution is 2.39. The van der Waals surface area contributed by atoms with Crippen LogP contribution in [0.1, 0.15) is 22.4 Å². The quantitative estimate of drug-likeness (QED) is 0.272. The van der Waals surface area contributed by atoms with Gasteiger partial charge in [0, 0.05) is 10.9 Å². The van der Waals surface area contributed by atoms with Crippen molar-refractivity contribution >= 4 is 22.7 Å². The second-order valence-electron chi connectivity index (χ2n) is 8.87. The molecule has 1 aromatic heterocycles. The molecule has 0 bridgehead atoms. The van der Waals surface area contributed by atoms with Gasteiger partial charge in [0.25, 0.3) is 0 Å². The number of rotatable bonds is 4. The summed E-state index contributed by atoms with van der Waals surface area (Å²) in [6.45, 7) is 6.31. The third-order valence-electron chi connectivity index (χ3n) is 6.19. The second-order valence-corrected chi connectivity index (χ2v) is 8.87. The number of nitrogens with zero attached hydrogens (tertiary/aromatic N) is 2. The van der Waals surface area contributed by atoms with Gasteiger partial charge in [-0.1, -0.05) is 48.0 Å². The highest BCUT2D eigenvalue weighted by molar-refractivity contribution is 6.01. The predicted molar refractivity (Wildman–Crippen MR) is 144 cm³/mol. The van der Waals surface area contributed by atoms with Crippen LogP contribution in [0.25, 0.3) is 33.2 Å². The normalized spacial score (nSPS) is 11.4. The molecule has 4 aromatic carbocycles. The van der Waals surface area contributed by atoms with Crippen LogP contribution in [0.4, 0.5) is 5.69 Å². The average molecular weight is 459 g/mol. The molecule has 2 N–H and O–H groups in total. The van der Waals surface area contributed by atoms with E-state index in [4.69, 9.17) is 0 Å². The minimum atomic E-state index is 0.183. The van der Waals surface area contributed by atoms with Gasteiger partial charge in [-0.2, -0.15) is 0 Å². The predicted octanol–water partition coefficient (Wildman–Crippen LogP) is 7.66. The van der Waals surface area contributed by atoms with E-state index >= 15 is 0 Å². The van der Waals surface area contributed by atoms with Crippen molar-refractivity contribution in [3.63, 3.8) is 0 Å². The highest BCUT2D eigenvalue weighted by atomic mass is 16.3. The largest absolute Gasteiger partial charge is 0.507 e. The van der Waals surface area contributed by atoms with Crippen molar-refractivity contribution in [3.05, 3.63) is 107 Å². The molecule has 0 aliphatic heterocycles. The molecule has 0 amide bonds. The van der Waals surface area contributed by atoms with E-state index in [0.29, 0.717) is 28.0 Å². The number of aromatic hydroxyl groups is 2. The minimum absolute atomic E-state index is 0.183. The summed E-state index contributed by atoms with van der Waals surface area (Å²) < 4.78 is 0. The third-order valence-corrected chi connectivity index (χ3v) is 6.19. The van der Waals surface area contributed by atoms with Crippen molar-refractivity contribution in [2.45, 2.75) is 20.8 Å². The van der Waals surface area contributed by atoms with Crippen LogP contribution < -0.4 is 0 Å². The van der Waals surface area contributed by atoms with Gasteiger partial charge in [-0.3, -0.25) is 4.99 Å². The van der Waals surface area contributed by atoms with Crippen molar-refractivity contribution in [3.8, 4) is 33.9 Å². The van der Waals surface area contributed by atoms with Crippen LogP contribution in [0.2, 0.25) is 0 Å². The van der Waals surface area contributed by atoms with Crippen molar-refractivity contribution in [1.82, 2.24) is 4.98 Å². The standard InChI is InChI=1S/C31H26N2O2/c1-19-14-20(2)30(21(3)15-19)23-16-22-8-6-12-27(31(22)29(35)17-23)32-18-24-9-7-11-26(33-24)25-10-4-5-13-28(25)34/h4-18,34-35H,1-3H3. The Balaban J connectivity index is 1.54. The molecule has 4 heteroatoms. The van der Waals surface area contributed by atoms with Crippen LogP contribution >= 0.6 is 0 Å². The summed E-state index contributed by atoms with van der Waals surface area (Å²) in [4.78, 5) is 9.29. The number of phenols is 2. The minimum Gasteiger partial charge on any atom is -0.507 e. The van der Waals surface area contributed by atoms with Gasteiger partial charge in [-0.25, -0.2) is 4.98 Å². The first-order valence-electron chi connectivity index (χ1n) is 11.5. The lowest BCUT2D eigenvalue weighted by Crippen LogP contribution is -1.91. The number of fused-ring (bicyclic) bond motifs is 1. The molecule has 0 atom stereocenters. The number of hydrogen-bond acceptors (Lipinski definition) is 4. The molecule has 0 radical (unpaired) electrons. The Morgan fingerprint density at radius 2 is 1.49 bits per heavy atom. The summed E-state index contributed by atoms with van der Waals surface area (Å²) in [5.41, 5.74) is 8.39. The molecular weight excluding hydrogens is 432 g/mol. The number of pyridine rings is 1. The van der Waals surface area contributed by atoms with Crippen molar-refractivity contribution < 1.29 is 10.2 Å². The number of aryl methyl sites for hydroxylation is 3. The first kappa shape index (κ1) is 22.4. The van der Waals surface area contributed by atoms with E-state index in [2.05, 4.69) is 48.9 Å². The number of benzene rings is 4. The van der Waals surface area contributed by atoms with E-state index in [0.717, 1.165) is 16.5 Å². The van der Waals surface area contributed by atoms with Gasteiger partial charge >= 0.3 is 0 Å². The second kappa shape index (κ2) is 9.07. The van der Waals surface area contributed by atoms with Crippen LogP contribution in [0.15, 0.2) is 89.9 Å². The topological polar surface area (TPSA) is 65.7 Å². The molecule has 0 fully saturated rings. The number of hydrogen-bond donors (Lipinski definition) is 2. The maximum atomic E-state index is 11.0. The van der Waals surface area contributed by atoms with Gasteiger partial charge in [0.05, 0.1) is 23.3 Å². The van der Waals surface area contributed by atoms with E-state index in [1.54, 1.807) is 18.3 Å². The van der Waals surface area contributed by atoms with Crippen LogP contribution in [-0.4, -0.2) is 21.4 Å². The molecule has 1 heterocycles. The fourth-order valence-electron chi connectivity index (χ4n) is 4.77. The van der Waals surface area contributed by atoms with Gasteiger partial charge in [-0.05, 0) is 90.9 Å². The van der Waals surface area contributed by atoms with E-state index in [1.807, 2.05) is 54.6 Å². The van der Waals surface area contributed by atoms with Crippen molar-refractivity contribution in [1.29, 1.82) is 0 Å². The Bertz CT molecular complexity index is 1580. The van der Waals surface area contributed by atoms with E-state index in [1.165, 1.54) is 16.7 Å². The molecule has 0 saturated carbocycles. The summed E-state index contributed by atoms with van der Waals surface area (Å²) in [6, 6.07) is 26.8. The zero-order valence-electron chi connectivity index (χ0n) is 19.9. The average Bonchev–Trinajstić information content (AvgIpc) is 2.82. The lowest BCUT2D eigenvalue weighted by molar-refractivity contribution is 0.477. The number of aliphatic imine (C=N–C) groups is 1. The summed E-state index contributed by atoms with van der Waals surface area (Å²) in [5.74, 6) is 0.378. The molecular formula is C31H26N2O2. The van der Waals surface area contributed by atoms with Gasteiger partial charge in [-0.15, -0.1) is 0 Å². The molecule has 0 aliphatic rings. The van der Waals surface area contributed by atoms with Gasteiger partial charge < -0.3 is 10.2 Å². The Kier molecular flexibility index (Phi) is 5.79. The Hall–Kier alpha value is -4.44. The molecule has 4 nitrogen and oxygen atoms in total. The SMILES string of the molecule is Cc1cc(C)c(-c2cc(O)c3c(N=Cc4cccc(-c5ccccc5O)n4)cccc3c2)c(C)c1. The Labute approximate surface area is 204 Å². The van der Waals surface area contributed by atoms with Crippen molar-refractivity contribution in [2.75, 3.05) is 0 Å². The molecule has 35 heavy (non-hydrogen) atoms. The molecule has 0 spiro atoms. The lowest BCUT2D eigenvalue weighted by Gasteiger charge is -2.14. The molecule has 0 aliphatic carbocycles. The zero-order valence-corrected chi connectivity index (χ0v) is 19.9. The lowest BCUT2D eigenvalue weighted by atomic mass is 9.92. The van der Waals surface area contributed by atoms with Crippen LogP contribution in [0.3, 0.4) is 0 Å². The van der Waals surface area contributed by atoms with Gasteiger partial charge in [0.15, 0.2) is 0 Å². The maximum absolute atomic E-state index is 11.0. The van der Waals surface area contributed by atoms with E-state index in [-0.39, 0.29) is 11.5 Å². The third kappa shape index (κ3) is 4.38. The van der Waals surface area contributed by atoms with Gasteiger partial charge in [0.2, 0.25) is 0 Å². The highest BCUT2D eigenvalue weighted by Gasteiger charge is 2.12.